The highest BCUT2D eigenvalue weighted by Gasteiger charge is 2.47. The monoisotopic (exact) mass is 467 g/mol. The van der Waals surface area contributed by atoms with Crippen LogP contribution in [0.15, 0.2) is 78.4 Å². The molecule has 1 saturated heterocycles. The number of ether oxygens (including phenoxy) is 1. The largest absolute Gasteiger partial charge is 0.573 e. The average Bonchev–Trinajstić information content (AvgIpc) is 3.05. The van der Waals surface area contributed by atoms with Gasteiger partial charge >= 0.3 is 6.36 Å². The van der Waals surface area contributed by atoms with Crippen LogP contribution in [-0.4, -0.2) is 23.2 Å². The fraction of sp³-hybridized carbons (Fsp3) is 0.154. The summed E-state index contributed by atoms with van der Waals surface area (Å²) < 4.78 is 42.3. The van der Waals surface area contributed by atoms with Gasteiger partial charge in [-0.3, -0.25) is 14.5 Å². The zero-order valence-corrected chi connectivity index (χ0v) is 18.3. The van der Waals surface area contributed by atoms with E-state index in [2.05, 4.69) is 4.74 Å². The van der Waals surface area contributed by atoms with E-state index in [4.69, 9.17) is 0 Å². The van der Waals surface area contributed by atoms with Crippen LogP contribution in [0, 0.1) is 13.8 Å². The highest BCUT2D eigenvalue weighted by molar-refractivity contribution is 6.51. The first-order valence-corrected chi connectivity index (χ1v) is 10.4. The first-order valence-electron chi connectivity index (χ1n) is 10.4. The van der Waals surface area contributed by atoms with E-state index in [1.54, 1.807) is 49.4 Å². The number of nitrogens with zero attached hydrogens (tertiary/aromatic N) is 1. The number of benzene rings is 3. The van der Waals surface area contributed by atoms with Gasteiger partial charge in [-0.25, -0.2) is 0 Å². The van der Waals surface area contributed by atoms with Gasteiger partial charge in [-0.05, 0) is 43.2 Å². The Labute approximate surface area is 193 Å². The molecule has 174 valence electrons. The number of hydrogen-bond donors (Lipinski definition) is 1. The van der Waals surface area contributed by atoms with Crippen LogP contribution in [0.4, 0.5) is 18.9 Å². The van der Waals surface area contributed by atoms with Crippen LogP contribution >= 0.6 is 0 Å². The summed E-state index contributed by atoms with van der Waals surface area (Å²) in [6.45, 7) is 3.59. The quantitative estimate of drug-likeness (QED) is 0.298. The molecule has 1 aliphatic rings. The molecule has 0 aromatic heterocycles. The third-order valence-electron chi connectivity index (χ3n) is 5.54. The number of aliphatic hydroxyl groups is 1. The van der Waals surface area contributed by atoms with E-state index in [1.807, 2.05) is 13.0 Å². The van der Waals surface area contributed by atoms with Gasteiger partial charge < -0.3 is 9.84 Å². The molecule has 1 aliphatic heterocycles. The Balaban J connectivity index is 1.92. The Kier molecular flexibility index (Phi) is 5.91. The van der Waals surface area contributed by atoms with Gasteiger partial charge in [0.05, 0.1) is 11.6 Å². The number of halogens is 3. The molecule has 1 fully saturated rings. The molecule has 8 heteroatoms. The Morgan fingerprint density at radius 2 is 1.65 bits per heavy atom. The van der Waals surface area contributed by atoms with E-state index in [1.165, 1.54) is 12.1 Å². The van der Waals surface area contributed by atoms with Crippen molar-refractivity contribution in [3.8, 4) is 5.75 Å². The van der Waals surface area contributed by atoms with E-state index in [-0.39, 0.29) is 17.0 Å². The lowest BCUT2D eigenvalue weighted by molar-refractivity contribution is -0.274. The number of amides is 1. The van der Waals surface area contributed by atoms with E-state index < -0.39 is 29.8 Å². The minimum atomic E-state index is -4.92. The Bertz CT molecular complexity index is 1300. The fourth-order valence-corrected chi connectivity index (χ4v) is 4.02. The minimum absolute atomic E-state index is 0.0257. The molecular formula is C26H20F3NO4. The molecule has 1 N–H and O–H groups in total. The highest BCUT2D eigenvalue weighted by atomic mass is 19.4. The van der Waals surface area contributed by atoms with E-state index in [0.717, 1.165) is 22.6 Å². The van der Waals surface area contributed by atoms with Crippen molar-refractivity contribution in [2.24, 2.45) is 0 Å². The zero-order chi connectivity index (χ0) is 24.6. The third-order valence-corrected chi connectivity index (χ3v) is 5.54. The van der Waals surface area contributed by atoms with Gasteiger partial charge in [0.2, 0.25) is 0 Å². The van der Waals surface area contributed by atoms with Gasteiger partial charge in [0.25, 0.3) is 11.7 Å². The second-order valence-electron chi connectivity index (χ2n) is 7.94. The molecule has 34 heavy (non-hydrogen) atoms. The van der Waals surface area contributed by atoms with Crippen molar-refractivity contribution in [2.75, 3.05) is 4.90 Å². The van der Waals surface area contributed by atoms with Gasteiger partial charge in [-0.15, -0.1) is 13.2 Å². The summed E-state index contributed by atoms with van der Waals surface area (Å²) in [5.41, 5.74) is 2.32. The van der Waals surface area contributed by atoms with Crippen LogP contribution in [0.3, 0.4) is 0 Å². The predicted octanol–water partition coefficient (Wildman–Crippen LogP) is 5.83. The van der Waals surface area contributed by atoms with Gasteiger partial charge in [-0.1, -0.05) is 54.1 Å². The van der Waals surface area contributed by atoms with E-state index in [9.17, 15) is 27.9 Å². The topological polar surface area (TPSA) is 66.8 Å². The molecule has 0 radical (unpaired) electrons. The summed E-state index contributed by atoms with van der Waals surface area (Å²) in [6.07, 6.45) is -4.92. The second kappa shape index (κ2) is 8.70. The SMILES string of the molecule is Cc1ccc(C)c(/C(O)=C2\C(=O)C(=O)N(c3cccc(OC(F)(F)F)c3)C2c2ccccc2)c1. The molecule has 1 unspecified atom stereocenters. The predicted molar refractivity (Wildman–Crippen MR) is 120 cm³/mol. The van der Waals surface area contributed by atoms with Crippen molar-refractivity contribution in [1.29, 1.82) is 0 Å². The maximum atomic E-state index is 13.2. The number of anilines is 1. The summed E-state index contributed by atoms with van der Waals surface area (Å²) in [4.78, 5) is 27.4. The minimum Gasteiger partial charge on any atom is -0.507 e. The van der Waals surface area contributed by atoms with Crippen LogP contribution in [-0.2, 0) is 9.59 Å². The third kappa shape index (κ3) is 4.39. The van der Waals surface area contributed by atoms with Crippen LogP contribution < -0.4 is 9.64 Å². The number of carbonyl (C=O) groups excluding carboxylic acids is 2. The Hall–Kier alpha value is -4.07. The van der Waals surface area contributed by atoms with Gasteiger partial charge in [0.1, 0.15) is 11.5 Å². The lowest BCUT2D eigenvalue weighted by Crippen LogP contribution is -2.29. The summed E-state index contributed by atoms with van der Waals surface area (Å²) >= 11 is 0. The summed E-state index contributed by atoms with van der Waals surface area (Å²) in [5, 5.41) is 11.2. The van der Waals surface area contributed by atoms with E-state index >= 15 is 0 Å². The molecule has 1 amide bonds. The maximum Gasteiger partial charge on any atom is 0.573 e. The number of ketones is 1. The first-order chi connectivity index (χ1) is 16.1. The normalized spacial score (nSPS) is 17.8. The average molecular weight is 467 g/mol. The smallest absolute Gasteiger partial charge is 0.507 e. The molecule has 3 aromatic rings. The van der Waals surface area contributed by atoms with Crippen molar-refractivity contribution in [1.82, 2.24) is 0 Å². The van der Waals surface area contributed by atoms with Crippen LogP contribution in [0.1, 0.15) is 28.3 Å². The summed E-state index contributed by atoms with van der Waals surface area (Å²) in [7, 11) is 0. The molecule has 1 heterocycles. The number of aryl methyl sites for hydroxylation is 2. The molecule has 1 atom stereocenters. The molecule has 0 spiro atoms. The molecular weight excluding hydrogens is 447 g/mol. The molecule has 5 nitrogen and oxygen atoms in total. The van der Waals surface area contributed by atoms with Crippen LogP contribution in [0.2, 0.25) is 0 Å². The van der Waals surface area contributed by atoms with Gasteiger partial charge in [-0.2, -0.15) is 0 Å². The number of Topliss-reactive ketones (excluding diaryl/α,β-unsaturated/α-hetero) is 1. The summed E-state index contributed by atoms with van der Waals surface area (Å²) in [5.74, 6) is -2.79. The van der Waals surface area contributed by atoms with Crippen molar-refractivity contribution in [3.63, 3.8) is 0 Å². The lowest BCUT2D eigenvalue weighted by Gasteiger charge is -2.26. The number of rotatable bonds is 4. The first kappa shape index (κ1) is 23.1. The molecule has 4 rings (SSSR count). The molecule has 0 bridgehead atoms. The number of hydrogen-bond acceptors (Lipinski definition) is 4. The van der Waals surface area contributed by atoms with Crippen molar-refractivity contribution in [2.45, 2.75) is 26.3 Å². The molecule has 0 aliphatic carbocycles. The van der Waals surface area contributed by atoms with E-state index in [0.29, 0.717) is 16.7 Å². The molecule has 0 saturated carbocycles. The second-order valence-corrected chi connectivity index (χ2v) is 7.94. The van der Waals surface area contributed by atoms with Crippen molar-refractivity contribution in [3.05, 3.63) is 101 Å². The zero-order valence-electron chi connectivity index (χ0n) is 18.3. The van der Waals surface area contributed by atoms with Crippen LogP contribution in [0.25, 0.3) is 5.76 Å². The number of alkyl halides is 3. The van der Waals surface area contributed by atoms with Gasteiger partial charge in [0, 0.05) is 17.3 Å². The Morgan fingerprint density at radius 3 is 2.32 bits per heavy atom. The van der Waals surface area contributed by atoms with Crippen LogP contribution in [0.5, 0.6) is 5.75 Å². The standard InChI is InChI=1S/C26H20F3NO4/c1-15-11-12-16(2)20(13-15)23(31)21-22(17-7-4-3-5-8-17)30(25(33)24(21)32)18-9-6-10-19(14-18)34-26(27,28)29/h3-14,22,31H,1-2H3/b23-21+. The highest BCUT2D eigenvalue weighted by Crippen LogP contribution is 2.43. The van der Waals surface area contributed by atoms with Crippen molar-refractivity contribution < 1.29 is 32.6 Å². The Morgan fingerprint density at radius 1 is 0.941 bits per heavy atom. The lowest BCUT2D eigenvalue weighted by atomic mass is 9.93. The van der Waals surface area contributed by atoms with Gasteiger partial charge in [0.15, 0.2) is 0 Å². The summed E-state index contributed by atoms with van der Waals surface area (Å²) in [6, 6.07) is 17.6. The number of carbonyl (C=O) groups is 2. The maximum absolute atomic E-state index is 13.2. The van der Waals surface area contributed by atoms with Crippen molar-refractivity contribution >= 4 is 23.1 Å². The number of aliphatic hydroxyl groups excluding tert-OH is 1. The fourth-order valence-electron chi connectivity index (χ4n) is 4.02. The molecule has 3 aromatic carbocycles.